The van der Waals surface area contributed by atoms with Crippen molar-refractivity contribution in [2.75, 3.05) is 0 Å². The van der Waals surface area contributed by atoms with Crippen molar-refractivity contribution in [1.82, 2.24) is 30.9 Å². The van der Waals surface area contributed by atoms with Gasteiger partial charge in [0.05, 0.1) is 6.04 Å². The molecule has 0 aliphatic heterocycles. The molecule has 0 fully saturated rings. The number of nitrogens with zero attached hydrogens (tertiary/aromatic N) is 3. The Bertz CT molecular complexity index is 561. The molecule has 0 saturated heterocycles. The van der Waals surface area contributed by atoms with Gasteiger partial charge in [-0.05, 0) is 13.0 Å². The quantitative estimate of drug-likeness (QED) is 0.654. The average molecular weight is 234 g/mol. The van der Waals surface area contributed by atoms with Gasteiger partial charge in [-0.1, -0.05) is 5.21 Å². The molecule has 1 unspecified atom stereocenters. The van der Waals surface area contributed by atoms with E-state index in [-0.39, 0.29) is 23.1 Å². The summed E-state index contributed by atoms with van der Waals surface area (Å²) in [4.78, 5) is 25.2. The minimum atomic E-state index is -0.388. The molecule has 8 heteroatoms. The Hall–Kier alpha value is -2.51. The van der Waals surface area contributed by atoms with Gasteiger partial charge in [0.2, 0.25) is 5.56 Å². The number of H-pyrrole nitrogens is 2. The first-order chi connectivity index (χ1) is 8.16. The molecule has 2 rings (SSSR count). The highest BCUT2D eigenvalue weighted by Gasteiger charge is 2.14. The first-order valence-electron chi connectivity index (χ1n) is 4.90. The summed E-state index contributed by atoms with van der Waals surface area (Å²) in [7, 11) is 0. The number of pyridine rings is 1. The molecule has 0 aromatic carbocycles. The van der Waals surface area contributed by atoms with Crippen LogP contribution in [0.1, 0.15) is 29.1 Å². The van der Waals surface area contributed by atoms with Crippen molar-refractivity contribution in [3.63, 3.8) is 0 Å². The minimum absolute atomic E-state index is 0.282. The molecule has 1 atom stereocenters. The van der Waals surface area contributed by atoms with Crippen LogP contribution in [0.2, 0.25) is 0 Å². The maximum atomic E-state index is 11.8. The van der Waals surface area contributed by atoms with Crippen LogP contribution in [0.15, 0.2) is 23.1 Å². The number of amides is 1. The minimum Gasteiger partial charge on any atom is -0.342 e. The predicted octanol–water partition coefficient (Wildman–Crippen LogP) is -0.621. The summed E-state index contributed by atoms with van der Waals surface area (Å²) < 4.78 is 0. The van der Waals surface area contributed by atoms with Crippen LogP contribution in [-0.2, 0) is 0 Å². The van der Waals surface area contributed by atoms with Crippen molar-refractivity contribution >= 4 is 5.91 Å². The highest BCUT2D eigenvalue weighted by molar-refractivity contribution is 5.94. The Kier molecular flexibility index (Phi) is 2.95. The van der Waals surface area contributed by atoms with E-state index >= 15 is 0 Å². The van der Waals surface area contributed by atoms with Crippen LogP contribution in [-0.4, -0.2) is 31.5 Å². The van der Waals surface area contributed by atoms with Crippen LogP contribution >= 0.6 is 0 Å². The maximum Gasteiger partial charge on any atom is 0.252 e. The third-order valence-electron chi connectivity index (χ3n) is 2.13. The van der Waals surface area contributed by atoms with Gasteiger partial charge in [0.15, 0.2) is 5.82 Å². The van der Waals surface area contributed by atoms with E-state index in [0.717, 1.165) is 0 Å². The molecule has 1 amide bonds. The zero-order valence-corrected chi connectivity index (χ0v) is 8.97. The van der Waals surface area contributed by atoms with Gasteiger partial charge >= 0.3 is 0 Å². The van der Waals surface area contributed by atoms with E-state index in [1.54, 1.807) is 6.92 Å². The van der Waals surface area contributed by atoms with Gasteiger partial charge < -0.3 is 10.3 Å². The van der Waals surface area contributed by atoms with Gasteiger partial charge in [0.25, 0.3) is 5.91 Å². The number of rotatable bonds is 3. The lowest BCUT2D eigenvalue weighted by atomic mass is 10.2. The van der Waals surface area contributed by atoms with E-state index < -0.39 is 0 Å². The number of tetrazole rings is 1. The van der Waals surface area contributed by atoms with E-state index in [9.17, 15) is 9.59 Å². The lowest BCUT2D eigenvalue weighted by molar-refractivity contribution is 0.0938. The largest absolute Gasteiger partial charge is 0.342 e. The molecule has 0 spiro atoms. The zero-order valence-electron chi connectivity index (χ0n) is 8.97. The van der Waals surface area contributed by atoms with Crippen molar-refractivity contribution in [2.45, 2.75) is 13.0 Å². The number of carbonyl (C=O) groups excluding carboxylic acids is 1. The van der Waals surface area contributed by atoms with Gasteiger partial charge in [-0.25, -0.2) is 0 Å². The van der Waals surface area contributed by atoms with Crippen molar-refractivity contribution in [3.05, 3.63) is 40.1 Å². The fraction of sp³-hybridized carbons (Fsp3) is 0.222. The van der Waals surface area contributed by atoms with E-state index in [2.05, 4.69) is 30.9 Å². The number of hydrogen-bond acceptors (Lipinski definition) is 5. The molecular weight excluding hydrogens is 224 g/mol. The van der Waals surface area contributed by atoms with E-state index in [1.165, 1.54) is 18.3 Å². The maximum absolute atomic E-state index is 11.8. The second-order valence-corrected chi connectivity index (χ2v) is 3.41. The topological polar surface area (TPSA) is 116 Å². The molecule has 0 saturated carbocycles. The predicted molar refractivity (Wildman–Crippen MR) is 57.1 cm³/mol. The number of hydrogen-bond donors (Lipinski definition) is 3. The fourth-order valence-corrected chi connectivity index (χ4v) is 1.28. The molecule has 2 heterocycles. The second-order valence-electron chi connectivity index (χ2n) is 3.41. The van der Waals surface area contributed by atoms with Crippen LogP contribution < -0.4 is 10.9 Å². The molecule has 0 bridgehead atoms. The summed E-state index contributed by atoms with van der Waals surface area (Å²) in [5, 5.41) is 15.8. The van der Waals surface area contributed by atoms with Gasteiger partial charge in [-0.2, -0.15) is 5.21 Å². The Morgan fingerprint density at radius 3 is 3.00 bits per heavy atom. The molecule has 0 aliphatic rings. The average Bonchev–Trinajstić information content (AvgIpc) is 2.82. The third-order valence-corrected chi connectivity index (χ3v) is 2.13. The third kappa shape index (κ3) is 2.54. The normalized spacial score (nSPS) is 12.1. The van der Waals surface area contributed by atoms with Crippen LogP contribution in [0, 0.1) is 0 Å². The van der Waals surface area contributed by atoms with Crippen LogP contribution in [0.4, 0.5) is 0 Å². The van der Waals surface area contributed by atoms with E-state index in [4.69, 9.17) is 0 Å². The molecule has 0 radical (unpaired) electrons. The van der Waals surface area contributed by atoms with Crippen LogP contribution in [0.5, 0.6) is 0 Å². The van der Waals surface area contributed by atoms with Crippen molar-refractivity contribution in [3.8, 4) is 0 Å². The van der Waals surface area contributed by atoms with Crippen molar-refractivity contribution in [2.24, 2.45) is 0 Å². The Balaban J connectivity index is 2.10. The van der Waals surface area contributed by atoms with Gasteiger partial charge in [0, 0.05) is 17.8 Å². The van der Waals surface area contributed by atoms with Gasteiger partial charge in [0.1, 0.15) is 0 Å². The molecule has 0 aliphatic carbocycles. The molecule has 2 aromatic heterocycles. The fourth-order valence-electron chi connectivity index (χ4n) is 1.28. The van der Waals surface area contributed by atoms with Crippen molar-refractivity contribution < 1.29 is 4.79 Å². The summed E-state index contributed by atoms with van der Waals surface area (Å²) in [6.45, 7) is 1.72. The standard InChI is InChI=1S/C9H10N6O2/c1-5(8-12-14-15-13-8)11-9(17)6-2-3-10-7(16)4-6/h2-5H,1H3,(H,10,16)(H,11,17)(H,12,13,14,15). The highest BCUT2D eigenvalue weighted by Crippen LogP contribution is 2.04. The Morgan fingerprint density at radius 2 is 2.35 bits per heavy atom. The molecular formula is C9H10N6O2. The lowest BCUT2D eigenvalue weighted by Gasteiger charge is -2.09. The first-order valence-corrected chi connectivity index (χ1v) is 4.90. The van der Waals surface area contributed by atoms with E-state index in [0.29, 0.717) is 5.82 Å². The van der Waals surface area contributed by atoms with Crippen molar-refractivity contribution in [1.29, 1.82) is 0 Å². The van der Waals surface area contributed by atoms with Crippen LogP contribution in [0.3, 0.4) is 0 Å². The summed E-state index contributed by atoms with van der Waals surface area (Å²) in [5.74, 6) is 0.0107. The molecule has 2 aromatic rings. The molecule has 3 N–H and O–H groups in total. The summed E-state index contributed by atoms with van der Waals surface area (Å²) in [5.41, 5.74) is -0.0473. The zero-order chi connectivity index (χ0) is 12.3. The molecule has 17 heavy (non-hydrogen) atoms. The summed E-state index contributed by atoms with van der Waals surface area (Å²) >= 11 is 0. The number of aromatic nitrogens is 5. The Morgan fingerprint density at radius 1 is 1.53 bits per heavy atom. The smallest absolute Gasteiger partial charge is 0.252 e. The highest BCUT2D eigenvalue weighted by atomic mass is 16.2. The first kappa shape index (κ1) is 11.0. The molecule has 8 nitrogen and oxygen atoms in total. The lowest BCUT2D eigenvalue weighted by Crippen LogP contribution is -2.28. The van der Waals surface area contributed by atoms with E-state index in [1.807, 2.05) is 0 Å². The molecule has 88 valence electrons. The van der Waals surface area contributed by atoms with Crippen LogP contribution in [0.25, 0.3) is 0 Å². The second kappa shape index (κ2) is 4.56. The Labute approximate surface area is 95.4 Å². The van der Waals surface area contributed by atoms with Gasteiger partial charge in [-0.15, -0.1) is 10.2 Å². The van der Waals surface area contributed by atoms with Gasteiger partial charge in [-0.3, -0.25) is 9.59 Å². The summed E-state index contributed by atoms with van der Waals surface area (Å²) in [6, 6.07) is 2.35. The monoisotopic (exact) mass is 234 g/mol. The SMILES string of the molecule is CC(NC(=O)c1cc[nH]c(=O)c1)c1nn[nH]n1. The number of nitrogens with one attached hydrogen (secondary N) is 3. The number of carbonyl (C=O) groups is 1. The number of aromatic amines is 2. The summed E-state index contributed by atoms with van der Waals surface area (Å²) in [6.07, 6.45) is 1.41.